The molecule has 1 aromatic rings. The topological polar surface area (TPSA) is 61.9 Å². The number of nitrogens with zero attached hydrogens (tertiary/aromatic N) is 2. The molecule has 0 atom stereocenters. The van der Waals surface area contributed by atoms with Crippen molar-refractivity contribution in [3.05, 3.63) is 39.8 Å². The van der Waals surface area contributed by atoms with Crippen LogP contribution in [0.2, 0.25) is 5.02 Å². The summed E-state index contributed by atoms with van der Waals surface area (Å²) in [4.78, 5) is 29.3. The lowest BCUT2D eigenvalue weighted by molar-refractivity contribution is -0.122. The number of morpholine rings is 1. The third kappa shape index (κ3) is 8.15. The van der Waals surface area contributed by atoms with Crippen LogP contribution >= 0.6 is 35.6 Å². The summed E-state index contributed by atoms with van der Waals surface area (Å²) >= 11 is 12.6. The van der Waals surface area contributed by atoms with Crippen LogP contribution in [0.3, 0.4) is 0 Å². The van der Waals surface area contributed by atoms with Crippen molar-refractivity contribution in [3.8, 4) is 0 Å². The van der Waals surface area contributed by atoms with Crippen LogP contribution < -0.4 is 5.32 Å². The Morgan fingerprint density at radius 3 is 2.62 bits per heavy atom. The van der Waals surface area contributed by atoms with E-state index in [1.54, 1.807) is 17.0 Å². The summed E-state index contributed by atoms with van der Waals surface area (Å²) < 4.78 is 5.93. The van der Waals surface area contributed by atoms with E-state index in [9.17, 15) is 9.59 Å². The van der Waals surface area contributed by atoms with E-state index < -0.39 is 0 Å². The minimum absolute atomic E-state index is 0.0482. The minimum atomic E-state index is -0.0482. The third-order valence-electron chi connectivity index (χ3n) is 5.40. The number of thiocarbonyl (C=S) groups is 1. The van der Waals surface area contributed by atoms with Gasteiger partial charge in [-0.25, -0.2) is 0 Å². The van der Waals surface area contributed by atoms with Gasteiger partial charge in [0.25, 0.3) is 5.91 Å². The minimum Gasteiger partial charge on any atom is -0.379 e. The summed E-state index contributed by atoms with van der Waals surface area (Å²) in [5, 5.41) is 3.66. The molecule has 32 heavy (non-hydrogen) atoms. The van der Waals surface area contributed by atoms with E-state index in [1.165, 1.54) is 11.8 Å². The van der Waals surface area contributed by atoms with Crippen molar-refractivity contribution in [3.63, 3.8) is 0 Å². The number of carbonyl (C=O) groups excluding carboxylic acids is 2. The Bertz CT molecular complexity index is 826. The van der Waals surface area contributed by atoms with Gasteiger partial charge in [-0.15, -0.1) is 0 Å². The van der Waals surface area contributed by atoms with Crippen molar-refractivity contribution in [2.24, 2.45) is 0 Å². The fourth-order valence-electron chi connectivity index (χ4n) is 3.58. The van der Waals surface area contributed by atoms with Gasteiger partial charge in [0.1, 0.15) is 4.32 Å². The molecule has 2 saturated heterocycles. The molecule has 6 nitrogen and oxygen atoms in total. The number of hydrogen-bond acceptors (Lipinski definition) is 6. The molecule has 174 valence electrons. The van der Waals surface area contributed by atoms with Crippen molar-refractivity contribution in [2.75, 3.05) is 45.9 Å². The number of unbranched alkanes of at least 4 members (excludes halogenated alkanes) is 2. The Kier molecular flexibility index (Phi) is 10.5. The van der Waals surface area contributed by atoms with Crippen LogP contribution in [0, 0.1) is 0 Å². The van der Waals surface area contributed by atoms with Crippen molar-refractivity contribution < 1.29 is 14.3 Å². The van der Waals surface area contributed by atoms with Gasteiger partial charge in [-0.1, -0.05) is 54.1 Å². The molecule has 9 heteroatoms. The second kappa shape index (κ2) is 13.3. The molecule has 1 N–H and O–H groups in total. The van der Waals surface area contributed by atoms with E-state index in [0.717, 1.165) is 64.1 Å². The van der Waals surface area contributed by atoms with Gasteiger partial charge < -0.3 is 10.1 Å². The first kappa shape index (κ1) is 25.2. The molecule has 2 amide bonds. The highest BCUT2D eigenvalue weighted by molar-refractivity contribution is 8.26. The van der Waals surface area contributed by atoms with Crippen LogP contribution in [0.4, 0.5) is 0 Å². The first-order chi connectivity index (χ1) is 15.5. The number of amides is 2. The summed E-state index contributed by atoms with van der Waals surface area (Å²) in [6.45, 7) is 5.87. The van der Waals surface area contributed by atoms with Crippen LogP contribution in [0.5, 0.6) is 0 Å². The number of hydrogen-bond donors (Lipinski definition) is 1. The maximum Gasteiger partial charge on any atom is 0.266 e. The molecule has 0 radical (unpaired) electrons. The van der Waals surface area contributed by atoms with E-state index in [2.05, 4.69) is 10.2 Å². The van der Waals surface area contributed by atoms with E-state index >= 15 is 0 Å². The summed E-state index contributed by atoms with van der Waals surface area (Å²) in [5.74, 6) is 0.0523. The summed E-state index contributed by atoms with van der Waals surface area (Å²) in [5.41, 5.74) is 0.922. The van der Waals surface area contributed by atoms with E-state index in [-0.39, 0.29) is 11.8 Å². The van der Waals surface area contributed by atoms with Gasteiger partial charge in [0.2, 0.25) is 5.91 Å². The molecule has 0 aliphatic carbocycles. The smallest absolute Gasteiger partial charge is 0.266 e. The number of halogens is 1. The summed E-state index contributed by atoms with van der Waals surface area (Å²) in [6, 6.07) is 7.36. The van der Waals surface area contributed by atoms with Gasteiger partial charge in [0, 0.05) is 37.6 Å². The fraction of sp³-hybridized carbons (Fsp3) is 0.522. The molecule has 3 rings (SSSR count). The first-order valence-corrected chi connectivity index (χ1v) is 12.7. The van der Waals surface area contributed by atoms with Gasteiger partial charge >= 0.3 is 0 Å². The predicted molar refractivity (Wildman–Crippen MR) is 135 cm³/mol. The normalized spacial score (nSPS) is 18.5. The fourth-order valence-corrected chi connectivity index (χ4v) is 5.01. The Labute approximate surface area is 204 Å². The summed E-state index contributed by atoms with van der Waals surface area (Å²) in [6.07, 6.45) is 5.85. The number of carbonyl (C=O) groups is 2. The van der Waals surface area contributed by atoms with E-state index in [1.807, 2.05) is 18.2 Å². The Balaban J connectivity index is 1.28. The van der Waals surface area contributed by atoms with Crippen molar-refractivity contribution >= 4 is 57.8 Å². The highest BCUT2D eigenvalue weighted by atomic mass is 35.5. The van der Waals surface area contributed by atoms with Crippen molar-refractivity contribution in [1.29, 1.82) is 0 Å². The lowest BCUT2D eigenvalue weighted by atomic mass is 10.1. The number of ether oxygens (including phenoxy) is 1. The number of benzene rings is 1. The second-order valence-corrected chi connectivity index (χ2v) is 9.97. The van der Waals surface area contributed by atoms with Crippen LogP contribution in [0.25, 0.3) is 6.08 Å². The molecule has 0 aromatic heterocycles. The van der Waals surface area contributed by atoms with E-state index in [4.69, 9.17) is 28.6 Å². The highest BCUT2D eigenvalue weighted by Gasteiger charge is 2.31. The molecular formula is C23H30ClN3O3S2. The quantitative estimate of drug-likeness (QED) is 0.285. The van der Waals surface area contributed by atoms with Gasteiger partial charge in [0.15, 0.2) is 0 Å². The largest absolute Gasteiger partial charge is 0.379 e. The second-order valence-electron chi connectivity index (χ2n) is 7.85. The SMILES string of the molecule is O=C(CCCCCN1C(=O)C(=Cc2ccc(Cl)cc2)SC1=S)NCCCN1CCOCC1. The lowest BCUT2D eigenvalue weighted by Gasteiger charge is -2.26. The molecule has 0 unspecified atom stereocenters. The zero-order valence-corrected chi connectivity index (χ0v) is 20.6. The first-order valence-electron chi connectivity index (χ1n) is 11.1. The van der Waals surface area contributed by atoms with Gasteiger partial charge in [-0.3, -0.25) is 19.4 Å². The van der Waals surface area contributed by atoms with Gasteiger partial charge in [-0.05, 0) is 49.6 Å². The number of rotatable bonds is 11. The number of thioether (sulfide) groups is 1. The molecular weight excluding hydrogens is 466 g/mol. The Morgan fingerprint density at radius 1 is 1.12 bits per heavy atom. The molecule has 0 saturated carbocycles. The average molecular weight is 496 g/mol. The van der Waals surface area contributed by atoms with Crippen LogP contribution in [-0.2, 0) is 14.3 Å². The maximum atomic E-state index is 12.7. The highest BCUT2D eigenvalue weighted by Crippen LogP contribution is 2.32. The molecule has 1 aromatic carbocycles. The Hall–Kier alpha value is -1.45. The standard InChI is InChI=1S/C23H30ClN3O3S2/c24-19-8-6-18(7-9-19)17-20-22(29)27(23(31)32-20)12-3-1-2-5-21(28)25-10-4-11-26-13-15-30-16-14-26/h6-9,17H,1-5,10-16H2,(H,25,28). The zero-order valence-electron chi connectivity index (χ0n) is 18.2. The third-order valence-corrected chi connectivity index (χ3v) is 7.03. The van der Waals surface area contributed by atoms with Gasteiger partial charge in [0.05, 0.1) is 18.1 Å². The maximum absolute atomic E-state index is 12.7. The predicted octanol–water partition coefficient (Wildman–Crippen LogP) is 3.94. The van der Waals surface area contributed by atoms with Crippen LogP contribution in [0.1, 0.15) is 37.7 Å². The lowest BCUT2D eigenvalue weighted by Crippen LogP contribution is -2.38. The average Bonchev–Trinajstić information content (AvgIpc) is 3.06. The number of nitrogens with one attached hydrogen (secondary N) is 1. The zero-order chi connectivity index (χ0) is 22.8. The van der Waals surface area contributed by atoms with E-state index in [0.29, 0.717) is 33.8 Å². The van der Waals surface area contributed by atoms with Crippen molar-refractivity contribution in [2.45, 2.75) is 32.1 Å². The monoisotopic (exact) mass is 495 g/mol. The van der Waals surface area contributed by atoms with Crippen molar-refractivity contribution in [1.82, 2.24) is 15.1 Å². The molecule has 0 spiro atoms. The molecule has 2 fully saturated rings. The Morgan fingerprint density at radius 2 is 1.88 bits per heavy atom. The molecule has 2 aliphatic rings. The molecule has 2 heterocycles. The van der Waals surface area contributed by atoms with Gasteiger partial charge in [-0.2, -0.15) is 0 Å². The van der Waals surface area contributed by atoms with Crippen LogP contribution in [-0.4, -0.2) is 71.9 Å². The molecule has 0 bridgehead atoms. The summed E-state index contributed by atoms with van der Waals surface area (Å²) in [7, 11) is 0. The van der Waals surface area contributed by atoms with Crippen LogP contribution in [0.15, 0.2) is 29.2 Å². The molecule has 2 aliphatic heterocycles.